The lowest BCUT2D eigenvalue weighted by atomic mass is 9.97. The Kier molecular flexibility index (Phi) is 11.4. The van der Waals surface area contributed by atoms with Crippen LogP contribution >= 0.6 is 0 Å². The van der Waals surface area contributed by atoms with Crippen molar-refractivity contribution in [3.05, 3.63) is 90.3 Å². The highest BCUT2D eigenvalue weighted by Crippen LogP contribution is 2.31. The summed E-state index contributed by atoms with van der Waals surface area (Å²) >= 11 is 0. The maximum Gasteiger partial charge on any atom is 0.335 e. The Balaban J connectivity index is 0.00000408. The van der Waals surface area contributed by atoms with Gasteiger partial charge in [-0.25, -0.2) is 9.36 Å². The van der Waals surface area contributed by atoms with Crippen LogP contribution in [0, 0.1) is 5.92 Å². The van der Waals surface area contributed by atoms with Gasteiger partial charge in [0, 0.05) is 18.7 Å². The highest BCUT2D eigenvalue weighted by Gasteiger charge is 2.27. The Morgan fingerprint density at radius 1 is 0.882 bits per heavy atom. The van der Waals surface area contributed by atoms with Crippen molar-refractivity contribution in [1.29, 1.82) is 0 Å². The number of rotatable bonds is 11. The van der Waals surface area contributed by atoms with E-state index in [0.29, 0.717) is 18.9 Å². The number of carbonyl (C=O) groups is 1. The number of nitrogens with zero attached hydrogens (tertiary/aromatic N) is 1. The van der Waals surface area contributed by atoms with Gasteiger partial charge in [-0.15, -0.1) is 0 Å². The molecule has 1 heterocycles. The predicted octanol–water partition coefficient (Wildman–Crippen LogP) is 1.99. The van der Waals surface area contributed by atoms with E-state index in [0.717, 1.165) is 28.8 Å². The first-order valence-corrected chi connectivity index (χ1v) is 11.4. The molecule has 6 heteroatoms. The van der Waals surface area contributed by atoms with Crippen molar-refractivity contribution in [1.82, 2.24) is 0 Å². The van der Waals surface area contributed by atoms with Gasteiger partial charge in [0.25, 0.3) is 0 Å². The summed E-state index contributed by atoms with van der Waals surface area (Å²) in [6.45, 7) is 5.62. The third-order valence-corrected chi connectivity index (χ3v) is 5.51. The molecule has 0 saturated carbocycles. The Hall–Kier alpha value is -2.54. The zero-order chi connectivity index (χ0) is 23.6. The van der Waals surface area contributed by atoms with Crippen molar-refractivity contribution in [3.63, 3.8) is 0 Å². The fourth-order valence-electron chi connectivity index (χ4n) is 3.79. The molecule has 34 heavy (non-hydrogen) atoms. The SMILES string of the molecule is COCC[n+]1cccc(-c2ccc([C@H](O[C@@H](CC(C)C)C(=O)OC)c3ccccc3)cc2)c1.[Br-]. The Morgan fingerprint density at radius 3 is 2.18 bits per heavy atom. The molecule has 2 aromatic carbocycles. The summed E-state index contributed by atoms with van der Waals surface area (Å²) in [5.74, 6) is -0.0399. The Bertz CT molecular complexity index is 1010. The van der Waals surface area contributed by atoms with Crippen molar-refractivity contribution < 1.29 is 40.6 Å². The van der Waals surface area contributed by atoms with E-state index >= 15 is 0 Å². The zero-order valence-electron chi connectivity index (χ0n) is 20.3. The molecular weight excluding hydrogens is 494 g/mol. The van der Waals surface area contributed by atoms with Crippen molar-refractivity contribution in [2.24, 2.45) is 5.92 Å². The van der Waals surface area contributed by atoms with Gasteiger partial charge >= 0.3 is 5.97 Å². The molecule has 3 aromatic rings. The van der Waals surface area contributed by atoms with Crippen LogP contribution in [0.1, 0.15) is 37.5 Å². The maximum atomic E-state index is 12.4. The molecule has 3 rings (SSSR count). The van der Waals surface area contributed by atoms with E-state index in [4.69, 9.17) is 14.2 Å². The van der Waals surface area contributed by atoms with Gasteiger partial charge in [-0.1, -0.05) is 68.4 Å². The van der Waals surface area contributed by atoms with Crippen LogP contribution in [0.3, 0.4) is 0 Å². The van der Waals surface area contributed by atoms with Crippen LogP contribution in [0.2, 0.25) is 0 Å². The molecule has 0 spiro atoms. The third kappa shape index (κ3) is 7.76. The molecule has 0 saturated heterocycles. The lowest BCUT2D eigenvalue weighted by Gasteiger charge is -2.25. The van der Waals surface area contributed by atoms with Gasteiger partial charge in [-0.2, -0.15) is 0 Å². The number of carbonyl (C=O) groups excluding carboxylic acids is 1. The fraction of sp³-hybridized carbons (Fsp3) is 0.357. The first kappa shape index (κ1) is 27.7. The molecule has 2 atom stereocenters. The summed E-state index contributed by atoms with van der Waals surface area (Å²) in [4.78, 5) is 12.4. The summed E-state index contributed by atoms with van der Waals surface area (Å²) in [6.07, 6.45) is 3.76. The lowest BCUT2D eigenvalue weighted by Crippen LogP contribution is -3.00. The minimum atomic E-state index is -0.631. The number of aromatic nitrogens is 1. The number of hydrogen-bond acceptors (Lipinski definition) is 4. The van der Waals surface area contributed by atoms with Crippen LogP contribution in [0.4, 0.5) is 0 Å². The second-order valence-electron chi connectivity index (χ2n) is 8.51. The molecule has 0 radical (unpaired) electrons. The predicted molar refractivity (Wildman–Crippen MR) is 129 cm³/mol. The molecule has 0 fully saturated rings. The highest BCUT2D eigenvalue weighted by molar-refractivity contribution is 5.74. The first-order chi connectivity index (χ1) is 16.0. The number of benzene rings is 2. The Labute approximate surface area is 213 Å². The molecule has 0 aliphatic carbocycles. The lowest BCUT2D eigenvalue weighted by molar-refractivity contribution is -0.697. The van der Waals surface area contributed by atoms with Crippen LogP contribution in [0.25, 0.3) is 11.1 Å². The van der Waals surface area contributed by atoms with Gasteiger partial charge < -0.3 is 31.2 Å². The smallest absolute Gasteiger partial charge is 0.335 e. The number of halogens is 1. The van der Waals surface area contributed by atoms with Crippen molar-refractivity contribution in [2.75, 3.05) is 20.8 Å². The van der Waals surface area contributed by atoms with Gasteiger partial charge in [0.15, 0.2) is 25.0 Å². The number of pyridine rings is 1. The second-order valence-corrected chi connectivity index (χ2v) is 8.51. The summed E-state index contributed by atoms with van der Waals surface area (Å²) in [7, 11) is 3.12. The first-order valence-electron chi connectivity index (χ1n) is 11.4. The second kappa shape index (κ2) is 14.0. The monoisotopic (exact) mass is 527 g/mol. The van der Waals surface area contributed by atoms with E-state index in [1.807, 2.05) is 42.6 Å². The topological polar surface area (TPSA) is 48.6 Å². The number of methoxy groups -OCH3 is 2. The minimum absolute atomic E-state index is 0. The molecule has 0 unspecified atom stereocenters. The van der Waals surface area contributed by atoms with Crippen LogP contribution in [0.5, 0.6) is 0 Å². The standard InChI is InChI=1S/C28H34NO4.BrH/c1-21(2)19-26(28(30)32-4)33-27(23-9-6-5-7-10-23)24-14-12-22(13-15-24)25-11-8-16-29(20-25)17-18-31-3;/h5-16,20-21,26-27H,17-19H2,1-4H3;1H/q+1;/p-1/t26-,27+;/m0./s1. The quantitative estimate of drug-likeness (QED) is 0.282. The van der Waals surface area contributed by atoms with E-state index in [9.17, 15) is 4.79 Å². The molecule has 1 aromatic heterocycles. The summed E-state index contributed by atoms with van der Waals surface area (Å²) in [5.41, 5.74) is 4.24. The van der Waals surface area contributed by atoms with E-state index in [1.165, 1.54) is 7.11 Å². The van der Waals surface area contributed by atoms with Crippen LogP contribution < -0.4 is 21.5 Å². The summed E-state index contributed by atoms with van der Waals surface area (Å²) < 4.78 is 18.7. The zero-order valence-corrected chi connectivity index (χ0v) is 21.9. The van der Waals surface area contributed by atoms with Gasteiger partial charge in [0.05, 0.1) is 7.11 Å². The van der Waals surface area contributed by atoms with Gasteiger partial charge in [-0.3, -0.25) is 0 Å². The van der Waals surface area contributed by atoms with E-state index < -0.39 is 6.10 Å². The molecule has 5 nitrogen and oxygen atoms in total. The van der Waals surface area contributed by atoms with Crippen molar-refractivity contribution in [3.8, 4) is 11.1 Å². The van der Waals surface area contributed by atoms with Crippen molar-refractivity contribution in [2.45, 2.75) is 39.0 Å². The van der Waals surface area contributed by atoms with Crippen LogP contribution in [0.15, 0.2) is 79.1 Å². The molecule has 0 amide bonds. The molecular formula is C28H34BrNO4. The average Bonchev–Trinajstić information content (AvgIpc) is 2.85. The minimum Gasteiger partial charge on any atom is -1.00 e. The highest BCUT2D eigenvalue weighted by atomic mass is 79.9. The normalized spacial score (nSPS) is 12.6. The average molecular weight is 528 g/mol. The summed E-state index contributed by atoms with van der Waals surface area (Å²) in [6, 6.07) is 22.5. The number of ether oxygens (including phenoxy) is 3. The fourth-order valence-corrected chi connectivity index (χ4v) is 3.79. The molecule has 0 aliphatic rings. The van der Waals surface area contributed by atoms with Gasteiger partial charge in [0.1, 0.15) is 12.7 Å². The van der Waals surface area contributed by atoms with Gasteiger partial charge in [-0.05, 0) is 35.1 Å². The van der Waals surface area contributed by atoms with E-state index in [1.54, 1.807) is 7.11 Å². The van der Waals surface area contributed by atoms with Crippen LogP contribution in [-0.4, -0.2) is 32.9 Å². The van der Waals surface area contributed by atoms with Gasteiger partial charge in [0.2, 0.25) is 0 Å². The molecule has 182 valence electrons. The number of hydrogen-bond donors (Lipinski definition) is 0. The third-order valence-electron chi connectivity index (χ3n) is 5.51. The van der Waals surface area contributed by atoms with E-state index in [-0.39, 0.29) is 29.1 Å². The number of esters is 1. The maximum absolute atomic E-state index is 12.4. The molecule has 0 aliphatic heterocycles. The largest absolute Gasteiger partial charge is 1.00 e. The molecule has 0 N–H and O–H groups in total. The summed E-state index contributed by atoms with van der Waals surface area (Å²) in [5, 5.41) is 0. The van der Waals surface area contributed by atoms with Crippen molar-refractivity contribution >= 4 is 5.97 Å². The van der Waals surface area contributed by atoms with E-state index in [2.05, 4.69) is 54.9 Å². The Morgan fingerprint density at radius 2 is 1.56 bits per heavy atom. The molecule has 0 bridgehead atoms. The van der Waals surface area contributed by atoms with Crippen LogP contribution in [-0.2, 0) is 25.5 Å².